The number of aryl methyl sites for hydroxylation is 2. The van der Waals surface area contributed by atoms with Crippen molar-refractivity contribution in [1.82, 2.24) is 0 Å². The van der Waals surface area contributed by atoms with Gasteiger partial charge in [-0.3, -0.25) is 14.5 Å². The molecule has 1 unspecified atom stereocenters. The lowest BCUT2D eigenvalue weighted by Gasteiger charge is -2.26. The highest BCUT2D eigenvalue weighted by atomic mass is 16.7. The monoisotopic (exact) mass is 487 g/mol. The van der Waals surface area contributed by atoms with Crippen LogP contribution in [0.2, 0.25) is 0 Å². The van der Waals surface area contributed by atoms with Crippen LogP contribution in [-0.2, 0) is 9.59 Å². The Morgan fingerprint density at radius 2 is 1.81 bits per heavy atom. The van der Waals surface area contributed by atoms with Gasteiger partial charge in [-0.2, -0.15) is 0 Å². The van der Waals surface area contributed by atoms with Crippen molar-refractivity contribution in [3.63, 3.8) is 0 Å². The molecule has 2 N–H and O–H groups in total. The van der Waals surface area contributed by atoms with E-state index in [2.05, 4.69) is 0 Å². The van der Waals surface area contributed by atoms with E-state index in [0.717, 1.165) is 11.1 Å². The highest BCUT2D eigenvalue weighted by Gasteiger charge is 2.47. The number of amides is 1. The number of aliphatic hydroxyl groups is 1. The van der Waals surface area contributed by atoms with Gasteiger partial charge in [-0.1, -0.05) is 23.8 Å². The molecule has 36 heavy (non-hydrogen) atoms. The molecule has 0 radical (unpaired) electrons. The Bertz CT molecular complexity index is 1430. The number of carbonyl (C=O) groups excluding carboxylic acids is 2. The molecule has 0 aromatic heterocycles. The summed E-state index contributed by atoms with van der Waals surface area (Å²) in [5.74, 6) is -0.769. The second-order valence-corrected chi connectivity index (χ2v) is 8.69. The Morgan fingerprint density at radius 3 is 2.58 bits per heavy atom. The van der Waals surface area contributed by atoms with Crippen LogP contribution in [0.3, 0.4) is 0 Å². The summed E-state index contributed by atoms with van der Waals surface area (Å²) >= 11 is 0. The third-order valence-electron chi connectivity index (χ3n) is 6.33. The smallest absolute Gasteiger partial charge is 0.300 e. The summed E-state index contributed by atoms with van der Waals surface area (Å²) in [5.41, 5.74) is 2.95. The van der Waals surface area contributed by atoms with Crippen molar-refractivity contribution in [3.8, 4) is 23.0 Å². The van der Waals surface area contributed by atoms with Gasteiger partial charge >= 0.3 is 0 Å². The highest BCUT2D eigenvalue weighted by molar-refractivity contribution is 6.51. The molecule has 3 aromatic rings. The van der Waals surface area contributed by atoms with Crippen LogP contribution < -0.4 is 19.1 Å². The topological polar surface area (TPSA) is 106 Å². The fourth-order valence-electron chi connectivity index (χ4n) is 4.56. The highest BCUT2D eigenvalue weighted by Crippen LogP contribution is 2.46. The Kier molecular flexibility index (Phi) is 5.80. The number of rotatable bonds is 5. The SMILES string of the molecule is CCOc1cc(C2/C(=C(\O)c3cc(C)ccc3C)C(=O)C(=O)N2c2ccc3c(c2)OCO3)ccc1O. The van der Waals surface area contributed by atoms with E-state index in [9.17, 15) is 19.8 Å². The van der Waals surface area contributed by atoms with Gasteiger partial charge < -0.3 is 24.4 Å². The van der Waals surface area contributed by atoms with Gasteiger partial charge in [-0.15, -0.1) is 0 Å². The molecule has 0 bridgehead atoms. The van der Waals surface area contributed by atoms with E-state index in [-0.39, 0.29) is 29.6 Å². The predicted molar refractivity (Wildman–Crippen MR) is 133 cm³/mol. The van der Waals surface area contributed by atoms with E-state index in [4.69, 9.17) is 14.2 Å². The van der Waals surface area contributed by atoms with Crippen LogP contribution in [0.1, 0.15) is 35.2 Å². The molecule has 1 atom stereocenters. The number of phenolic OH excluding ortho intramolecular Hbond substituents is 1. The molecule has 8 heteroatoms. The average molecular weight is 488 g/mol. The largest absolute Gasteiger partial charge is 0.507 e. The minimum atomic E-state index is -0.981. The van der Waals surface area contributed by atoms with E-state index in [1.807, 2.05) is 26.0 Å². The van der Waals surface area contributed by atoms with Crippen molar-refractivity contribution < 1.29 is 34.0 Å². The van der Waals surface area contributed by atoms with Gasteiger partial charge in [0.15, 0.2) is 23.0 Å². The maximum Gasteiger partial charge on any atom is 0.300 e. The molecule has 8 nitrogen and oxygen atoms in total. The summed E-state index contributed by atoms with van der Waals surface area (Å²) < 4.78 is 16.4. The van der Waals surface area contributed by atoms with E-state index in [1.54, 1.807) is 43.3 Å². The predicted octanol–water partition coefficient (Wildman–Crippen LogP) is 4.76. The molecule has 0 aliphatic carbocycles. The zero-order chi connectivity index (χ0) is 25.6. The molecule has 0 saturated carbocycles. The fraction of sp³-hybridized carbons (Fsp3) is 0.214. The third kappa shape index (κ3) is 3.80. The van der Waals surface area contributed by atoms with Crippen LogP contribution in [-0.4, -0.2) is 35.3 Å². The Hall–Kier alpha value is -4.46. The molecule has 2 aliphatic heterocycles. The van der Waals surface area contributed by atoms with Crippen LogP contribution in [0, 0.1) is 13.8 Å². The first kappa shape index (κ1) is 23.3. The minimum absolute atomic E-state index is 0.0560. The summed E-state index contributed by atoms with van der Waals surface area (Å²) in [6.07, 6.45) is 0. The van der Waals surface area contributed by atoms with Crippen LogP contribution in [0.25, 0.3) is 5.76 Å². The quantitative estimate of drug-likeness (QED) is 0.304. The summed E-state index contributed by atoms with van der Waals surface area (Å²) in [6, 6.07) is 14.1. The van der Waals surface area contributed by atoms with E-state index >= 15 is 0 Å². The number of ketones is 1. The normalized spacial score (nSPS) is 18.1. The Balaban J connectivity index is 1.74. The summed E-state index contributed by atoms with van der Waals surface area (Å²) in [5, 5.41) is 21.7. The number of Topliss-reactive ketones (excluding diaryl/α,β-unsaturated/α-hetero) is 1. The number of aliphatic hydroxyl groups excluding tert-OH is 1. The molecule has 1 fully saturated rings. The summed E-state index contributed by atoms with van der Waals surface area (Å²) in [4.78, 5) is 28.2. The van der Waals surface area contributed by atoms with Crippen molar-refractivity contribution >= 4 is 23.1 Å². The molecule has 5 rings (SSSR count). The van der Waals surface area contributed by atoms with Gasteiger partial charge in [0.2, 0.25) is 6.79 Å². The van der Waals surface area contributed by atoms with Crippen LogP contribution in [0.5, 0.6) is 23.0 Å². The lowest BCUT2D eigenvalue weighted by Crippen LogP contribution is -2.29. The molecular weight excluding hydrogens is 462 g/mol. The fourth-order valence-corrected chi connectivity index (χ4v) is 4.56. The number of nitrogens with zero attached hydrogens (tertiary/aromatic N) is 1. The minimum Gasteiger partial charge on any atom is -0.507 e. The van der Waals surface area contributed by atoms with Gasteiger partial charge in [0.05, 0.1) is 18.2 Å². The zero-order valence-electron chi connectivity index (χ0n) is 20.1. The Morgan fingerprint density at radius 1 is 1.03 bits per heavy atom. The number of ether oxygens (including phenoxy) is 3. The van der Waals surface area contributed by atoms with Gasteiger partial charge in [0.25, 0.3) is 11.7 Å². The molecule has 2 heterocycles. The van der Waals surface area contributed by atoms with Crippen LogP contribution in [0.4, 0.5) is 5.69 Å². The first-order valence-electron chi connectivity index (χ1n) is 11.5. The second kappa shape index (κ2) is 8.96. The lowest BCUT2D eigenvalue weighted by atomic mass is 9.93. The van der Waals surface area contributed by atoms with Gasteiger partial charge in [0.1, 0.15) is 5.76 Å². The first-order valence-corrected chi connectivity index (χ1v) is 11.5. The molecule has 1 saturated heterocycles. The number of carbonyl (C=O) groups is 2. The second-order valence-electron chi connectivity index (χ2n) is 8.69. The van der Waals surface area contributed by atoms with Crippen molar-refractivity contribution in [3.05, 3.63) is 82.4 Å². The number of benzene rings is 3. The lowest BCUT2D eigenvalue weighted by molar-refractivity contribution is -0.132. The van der Waals surface area contributed by atoms with Gasteiger partial charge in [0, 0.05) is 17.3 Å². The molecule has 1 amide bonds. The number of hydrogen-bond donors (Lipinski definition) is 2. The maximum absolute atomic E-state index is 13.4. The van der Waals surface area contributed by atoms with Gasteiger partial charge in [-0.05, 0) is 62.2 Å². The molecule has 2 aliphatic rings. The zero-order valence-corrected chi connectivity index (χ0v) is 20.1. The van der Waals surface area contributed by atoms with Crippen molar-refractivity contribution in [1.29, 1.82) is 0 Å². The van der Waals surface area contributed by atoms with E-state index < -0.39 is 17.7 Å². The number of hydrogen-bond acceptors (Lipinski definition) is 7. The van der Waals surface area contributed by atoms with Crippen molar-refractivity contribution in [2.24, 2.45) is 0 Å². The van der Waals surface area contributed by atoms with Crippen molar-refractivity contribution in [2.45, 2.75) is 26.8 Å². The number of fused-ring (bicyclic) bond motifs is 1. The molecule has 3 aromatic carbocycles. The van der Waals surface area contributed by atoms with E-state index in [1.165, 1.54) is 11.0 Å². The molecule has 184 valence electrons. The maximum atomic E-state index is 13.4. The summed E-state index contributed by atoms with van der Waals surface area (Å²) in [6.45, 7) is 5.86. The van der Waals surface area contributed by atoms with Crippen molar-refractivity contribution in [2.75, 3.05) is 18.3 Å². The van der Waals surface area contributed by atoms with Crippen LogP contribution in [0.15, 0.2) is 60.2 Å². The molecule has 0 spiro atoms. The Labute approximate surface area is 208 Å². The van der Waals surface area contributed by atoms with Gasteiger partial charge in [-0.25, -0.2) is 0 Å². The third-order valence-corrected chi connectivity index (χ3v) is 6.33. The first-order chi connectivity index (χ1) is 17.3. The summed E-state index contributed by atoms with van der Waals surface area (Å²) in [7, 11) is 0. The van der Waals surface area contributed by atoms with E-state index in [0.29, 0.717) is 34.9 Å². The molecular formula is C28H25NO7. The number of phenols is 1. The number of aromatic hydroxyl groups is 1. The van der Waals surface area contributed by atoms with Crippen LogP contribution >= 0.6 is 0 Å². The average Bonchev–Trinajstić information content (AvgIpc) is 3.43. The number of anilines is 1. The standard InChI is InChI=1S/C28H25NO7/c1-4-34-22-12-17(7-9-20(22)30)25-24(26(31)19-11-15(2)5-6-16(19)3)27(32)28(33)29(25)18-8-10-21-23(13-18)36-14-35-21/h5-13,25,30-31H,4,14H2,1-3H3/b26-24+.